The van der Waals surface area contributed by atoms with Crippen LogP contribution in [0.4, 0.5) is 8.78 Å². The highest BCUT2D eigenvalue weighted by Gasteiger charge is 2.26. The van der Waals surface area contributed by atoms with Gasteiger partial charge in [-0.1, -0.05) is 29.8 Å². The first kappa shape index (κ1) is 23.8. The summed E-state index contributed by atoms with van der Waals surface area (Å²) < 4.78 is 32.0. The second-order valence-corrected chi connectivity index (χ2v) is 8.04. The monoisotopic (exact) mass is 441 g/mol. The molecular weight excluding hydrogens is 412 g/mol. The van der Waals surface area contributed by atoms with Crippen molar-refractivity contribution < 1.29 is 23.1 Å². The van der Waals surface area contributed by atoms with Crippen LogP contribution < -0.4 is 0 Å². The molecule has 2 aromatic carbocycles. The van der Waals surface area contributed by atoms with Crippen LogP contribution in [0, 0.1) is 17.6 Å². The molecule has 4 nitrogen and oxygen atoms in total. The molecule has 1 unspecified atom stereocenters. The summed E-state index contributed by atoms with van der Waals surface area (Å²) in [5.74, 6) is -1.94. The molecular formula is C26H29F2NO3. The Morgan fingerprint density at radius 3 is 1.88 bits per heavy atom. The van der Waals surface area contributed by atoms with Crippen molar-refractivity contribution in [3.63, 3.8) is 0 Å². The van der Waals surface area contributed by atoms with E-state index in [0.29, 0.717) is 13.0 Å². The van der Waals surface area contributed by atoms with Gasteiger partial charge in [-0.2, -0.15) is 0 Å². The van der Waals surface area contributed by atoms with E-state index in [2.05, 4.69) is 4.90 Å². The van der Waals surface area contributed by atoms with Crippen LogP contribution in [0.15, 0.2) is 54.1 Å². The van der Waals surface area contributed by atoms with Crippen LogP contribution in [-0.2, 0) is 14.3 Å². The molecule has 0 saturated carbocycles. The Labute approximate surface area is 187 Å². The summed E-state index contributed by atoms with van der Waals surface area (Å²) in [6.07, 6.45) is 2.04. The number of carbonyl (C=O) groups excluding carboxylic acids is 2. The second kappa shape index (κ2) is 11.1. The molecule has 2 aromatic rings. The average molecular weight is 442 g/mol. The van der Waals surface area contributed by atoms with Crippen LogP contribution in [-0.4, -0.2) is 42.9 Å². The molecule has 0 radical (unpaired) electrons. The zero-order chi connectivity index (χ0) is 23.1. The number of Topliss-reactive ketones (excluding diaryl/α,β-unsaturated/α-hetero) is 1. The Bertz CT molecular complexity index is 910. The number of nitrogens with zero attached hydrogens (tertiary/aromatic N) is 1. The van der Waals surface area contributed by atoms with Crippen molar-refractivity contribution in [3.8, 4) is 0 Å². The third kappa shape index (κ3) is 6.10. The molecule has 1 fully saturated rings. The van der Waals surface area contributed by atoms with Crippen molar-refractivity contribution in [2.75, 3.05) is 26.2 Å². The number of rotatable bonds is 8. The normalized spacial score (nSPS) is 15.3. The summed E-state index contributed by atoms with van der Waals surface area (Å²) in [5.41, 5.74) is 4.05. The number of halogens is 2. The van der Waals surface area contributed by atoms with E-state index < -0.39 is 11.9 Å². The van der Waals surface area contributed by atoms with E-state index in [1.54, 1.807) is 31.2 Å². The van der Waals surface area contributed by atoms with Gasteiger partial charge in [0.1, 0.15) is 23.3 Å². The number of esters is 1. The minimum absolute atomic E-state index is 0.170. The molecule has 170 valence electrons. The van der Waals surface area contributed by atoms with E-state index in [9.17, 15) is 18.4 Å². The Hall–Kier alpha value is -2.86. The SMILES string of the molecule is CCOC(=O)C(CCN1CCC(=C(c2ccc(F)cc2)c2ccc(F)cc2)CC1)C(C)=O. The number of benzene rings is 2. The topological polar surface area (TPSA) is 46.6 Å². The molecule has 1 aliphatic rings. The molecule has 32 heavy (non-hydrogen) atoms. The number of likely N-dealkylation sites (tertiary alicyclic amines) is 1. The predicted octanol–water partition coefficient (Wildman–Crippen LogP) is 5.02. The number of carbonyl (C=O) groups is 2. The first-order chi connectivity index (χ1) is 15.4. The summed E-state index contributed by atoms with van der Waals surface area (Å²) in [6.45, 7) is 5.63. The number of ether oxygens (including phenoxy) is 1. The smallest absolute Gasteiger partial charge is 0.316 e. The lowest BCUT2D eigenvalue weighted by atomic mass is 9.88. The lowest BCUT2D eigenvalue weighted by molar-refractivity contribution is -0.151. The van der Waals surface area contributed by atoms with E-state index in [1.165, 1.54) is 36.8 Å². The van der Waals surface area contributed by atoms with Crippen molar-refractivity contribution >= 4 is 17.3 Å². The summed E-state index contributed by atoms with van der Waals surface area (Å²) in [7, 11) is 0. The second-order valence-electron chi connectivity index (χ2n) is 8.04. The lowest BCUT2D eigenvalue weighted by Gasteiger charge is -2.31. The quantitative estimate of drug-likeness (QED) is 0.426. The van der Waals surface area contributed by atoms with Gasteiger partial charge >= 0.3 is 5.97 Å². The highest BCUT2D eigenvalue weighted by molar-refractivity contribution is 5.97. The van der Waals surface area contributed by atoms with Gasteiger partial charge in [0.15, 0.2) is 0 Å². The van der Waals surface area contributed by atoms with Gasteiger partial charge in [0.25, 0.3) is 0 Å². The lowest BCUT2D eigenvalue weighted by Crippen LogP contribution is -2.35. The standard InChI is InChI=1S/C26H29F2NO3/c1-3-32-26(31)24(18(2)30)14-17-29-15-12-21(13-16-29)25(19-4-8-22(27)9-5-19)20-6-10-23(28)11-7-20/h4-11,24H,3,12-17H2,1-2H3. The maximum absolute atomic E-state index is 13.5. The molecule has 1 saturated heterocycles. The minimum atomic E-state index is -0.721. The number of piperidine rings is 1. The number of hydrogen-bond acceptors (Lipinski definition) is 4. The summed E-state index contributed by atoms with van der Waals surface area (Å²) >= 11 is 0. The van der Waals surface area contributed by atoms with Crippen LogP contribution in [0.25, 0.3) is 5.57 Å². The minimum Gasteiger partial charge on any atom is -0.465 e. The molecule has 0 spiro atoms. The fraction of sp³-hybridized carbons (Fsp3) is 0.385. The van der Waals surface area contributed by atoms with Gasteiger partial charge in [-0.3, -0.25) is 9.59 Å². The van der Waals surface area contributed by atoms with E-state index in [1.807, 2.05) is 0 Å². The highest BCUT2D eigenvalue weighted by Crippen LogP contribution is 2.32. The van der Waals surface area contributed by atoms with Crippen LogP contribution in [0.2, 0.25) is 0 Å². The third-order valence-electron chi connectivity index (χ3n) is 5.87. The van der Waals surface area contributed by atoms with Gasteiger partial charge < -0.3 is 9.64 Å². The molecule has 0 N–H and O–H groups in total. The molecule has 1 heterocycles. The molecule has 1 atom stereocenters. The number of ketones is 1. The predicted molar refractivity (Wildman–Crippen MR) is 120 cm³/mol. The van der Waals surface area contributed by atoms with Crippen molar-refractivity contribution in [2.24, 2.45) is 5.92 Å². The van der Waals surface area contributed by atoms with Crippen molar-refractivity contribution in [2.45, 2.75) is 33.1 Å². The Balaban J connectivity index is 1.74. The molecule has 0 bridgehead atoms. The molecule has 0 aromatic heterocycles. The first-order valence-electron chi connectivity index (χ1n) is 11.0. The summed E-state index contributed by atoms with van der Waals surface area (Å²) in [4.78, 5) is 26.1. The van der Waals surface area contributed by atoms with Gasteiger partial charge in [0.05, 0.1) is 6.61 Å². The summed E-state index contributed by atoms with van der Waals surface area (Å²) in [6, 6.07) is 12.8. The fourth-order valence-electron chi connectivity index (χ4n) is 4.15. The van der Waals surface area contributed by atoms with Crippen molar-refractivity contribution in [3.05, 3.63) is 76.9 Å². The zero-order valence-corrected chi connectivity index (χ0v) is 18.6. The maximum atomic E-state index is 13.5. The van der Waals surface area contributed by atoms with E-state index in [0.717, 1.165) is 42.6 Å². The molecule has 0 aliphatic carbocycles. The highest BCUT2D eigenvalue weighted by atomic mass is 19.1. The van der Waals surface area contributed by atoms with Crippen LogP contribution in [0.1, 0.15) is 44.2 Å². The summed E-state index contributed by atoms with van der Waals surface area (Å²) in [5, 5.41) is 0. The van der Waals surface area contributed by atoms with Gasteiger partial charge in [0.2, 0.25) is 0 Å². The average Bonchev–Trinajstić information content (AvgIpc) is 2.77. The van der Waals surface area contributed by atoms with Crippen molar-refractivity contribution in [1.29, 1.82) is 0 Å². The zero-order valence-electron chi connectivity index (χ0n) is 18.6. The Kier molecular flexibility index (Phi) is 8.28. The van der Waals surface area contributed by atoms with Crippen LogP contribution in [0.5, 0.6) is 0 Å². The van der Waals surface area contributed by atoms with Gasteiger partial charge in [0, 0.05) is 13.1 Å². The molecule has 3 rings (SSSR count). The van der Waals surface area contributed by atoms with E-state index in [4.69, 9.17) is 4.74 Å². The van der Waals surface area contributed by atoms with Crippen molar-refractivity contribution in [1.82, 2.24) is 4.90 Å². The van der Waals surface area contributed by atoms with E-state index in [-0.39, 0.29) is 24.0 Å². The first-order valence-corrected chi connectivity index (χ1v) is 11.0. The number of hydrogen-bond donors (Lipinski definition) is 0. The molecule has 6 heteroatoms. The van der Waals surface area contributed by atoms with Gasteiger partial charge in [-0.25, -0.2) is 8.78 Å². The van der Waals surface area contributed by atoms with Crippen LogP contribution in [0.3, 0.4) is 0 Å². The van der Waals surface area contributed by atoms with Gasteiger partial charge in [-0.05, 0) is 80.6 Å². The maximum Gasteiger partial charge on any atom is 0.316 e. The van der Waals surface area contributed by atoms with Gasteiger partial charge in [-0.15, -0.1) is 0 Å². The Morgan fingerprint density at radius 2 is 1.44 bits per heavy atom. The van der Waals surface area contributed by atoms with E-state index >= 15 is 0 Å². The molecule has 1 aliphatic heterocycles. The largest absolute Gasteiger partial charge is 0.465 e. The molecule has 0 amide bonds. The Morgan fingerprint density at radius 1 is 0.938 bits per heavy atom. The third-order valence-corrected chi connectivity index (χ3v) is 5.87. The fourth-order valence-corrected chi connectivity index (χ4v) is 4.15. The van der Waals surface area contributed by atoms with Crippen LogP contribution >= 0.6 is 0 Å².